The summed E-state index contributed by atoms with van der Waals surface area (Å²) < 4.78 is 5.31. The number of carbonyl (C=O) groups is 2. The van der Waals surface area contributed by atoms with E-state index in [0.29, 0.717) is 0 Å². The van der Waals surface area contributed by atoms with Crippen molar-refractivity contribution in [1.82, 2.24) is 5.32 Å². The summed E-state index contributed by atoms with van der Waals surface area (Å²) in [4.78, 5) is 23.7. The Hall–Kier alpha value is -1.56. The largest absolute Gasteiger partial charge is 0.482 e. The van der Waals surface area contributed by atoms with Gasteiger partial charge in [0.2, 0.25) is 0 Å². The second-order valence-electron chi connectivity index (χ2n) is 4.47. The molecule has 0 saturated carbocycles. The zero-order valence-electron chi connectivity index (χ0n) is 11.4. The molecule has 0 aliphatic rings. The lowest BCUT2D eigenvalue weighted by molar-refractivity contribution is -0.123. The van der Waals surface area contributed by atoms with Crippen LogP contribution in [0.5, 0.6) is 5.75 Å². The summed E-state index contributed by atoms with van der Waals surface area (Å²) in [7, 11) is 0. The third kappa shape index (κ3) is 4.90. The van der Waals surface area contributed by atoms with Crippen LogP contribution in [-0.4, -0.2) is 29.6 Å². The van der Waals surface area contributed by atoms with Crippen molar-refractivity contribution in [2.24, 2.45) is 0 Å². The lowest BCUT2D eigenvalue weighted by atomic mass is 10.3. The first kappa shape index (κ1) is 15.5. The zero-order valence-corrected chi connectivity index (χ0v) is 12.2. The van der Waals surface area contributed by atoms with E-state index in [9.17, 15) is 9.59 Å². The van der Waals surface area contributed by atoms with Crippen LogP contribution >= 0.6 is 11.3 Å². The first-order valence-corrected chi connectivity index (χ1v) is 7.03. The van der Waals surface area contributed by atoms with Crippen molar-refractivity contribution in [3.63, 3.8) is 0 Å². The van der Waals surface area contributed by atoms with Gasteiger partial charge >= 0.3 is 5.97 Å². The van der Waals surface area contributed by atoms with Crippen LogP contribution in [0.4, 0.5) is 0 Å². The first-order chi connectivity index (χ1) is 8.93. The maximum atomic E-state index is 11.5. The molecule has 0 radical (unpaired) electrons. The second kappa shape index (κ2) is 7.13. The maximum Gasteiger partial charge on any atom is 0.349 e. The van der Waals surface area contributed by atoms with E-state index in [1.807, 2.05) is 20.8 Å². The smallest absolute Gasteiger partial charge is 0.349 e. The predicted octanol–water partition coefficient (Wildman–Crippen LogP) is 2.30. The van der Waals surface area contributed by atoms with Crippen molar-refractivity contribution in [3.05, 3.63) is 15.8 Å². The Kier molecular flexibility index (Phi) is 5.82. The molecule has 0 atom stereocenters. The average molecular weight is 285 g/mol. The summed E-state index contributed by atoms with van der Waals surface area (Å²) in [6.45, 7) is 5.56. The lowest BCUT2D eigenvalue weighted by Crippen LogP contribution is -2.34. The Morgan fingerprint density at radius 2 is 2.16 bits per heavy atom. The zero-order chi connectivity index (χ0) is 14.4. The number of ether oxygens (including phenoxy) is 1. The Morgan fingerprint density at radius 3 is 2.68 bits per heavy atom. The summed E-state index contributed by atoms with van der Waals surface area (Å²) >= 11 is 1.20. The molecule has 0 fully saturated rings. The first-order valence-electron chi connectivity index (χ1n) is 6.22. The van der Waals surface area contributed by atoms with E-state index in [1.165, 1.54) is 11.3 Å². The highest BCUT2D eigenvalue weighted by Gasteiger charge is 2.17. The number of hydrogen-bond acceptors (Lipinski definition) is 4. The van der Waals surface area contributed by atoms with Gasteiger partial charge in [-0.15, -0.1) is 11.3 Å². The molecular weight excluding hydrogens is 266 g/mol. The van der Waals surface area contributed by atoms with E-state index in [4.69, 9.17) is 9.84 Å². The van der Waals surface area contributed by atoms with Gasteiger partial charge in [0.1, 0.15) is 5.75 Å². The standard InChI is InChI=1S/C13H19NO4S/c1-4-5-9-6-10(12(19-9)13(16)17)18-7-11(15)14-8(2)3/h6,8H,4-5,7H2,1-3H3,(H,14,15)(H,16,17). The highest BCUT2D eigenvalue weighted by atomic mass is 32.1. The van der Waals surface area contributed by atoms with Crippen LogP contribution in [0.25, 0.3) is 0 Å². The molecule has 1 heterocycles. The van der Waals surface area contributed by atoms with Crippen LogP contribution in [0.2, 0.25) is 0 Å². The lowest BCUT2D eigenvalue weighted by Gasteiger charge is -2.09. The molecule has 19 heavy (non-hydrogen) atoms. The number of aromatic carboxylic acids is 1. The van der Waals surface area contributed by atoms with Gasteiger partial charge in [0, 0.05) is 10.9 Å². The van der Waals surface area contributed by atoms with E-state index in [0.717, 1.165) is 17.7 Å². The molecule has 1 amide bonds. The maximum absolute atomic E-state index is 11.5. The number of thiophene rings is 1. The minimum atomic E-state index is -1.02. The van der Waals surface area contributed by atoms with Crippen molar-refractivity contribution < 1.29 is 19.4 Å². The number of rotatable bonds is 7. The molecule has 106 valence electrons. The SMILES string of the molecule is CCCc1cc(OCC(=O)NC(C)C)c(C(=O)O)s1. The number of aryl methyl sites for hydroxylation is 1. The Morgan fingerprint density at radius 1 is 1.47 bits per heavy atom. The van der Waals surface area contributed by atoms with Crippen LogP contribution in [0.1, 0.15) is 41.7 Å². The van der Waals surface area contributed by atoms with Gasteiger partial charge in [0.05, 0.1) is 0 Å². The monoisotopic (exact) mass is 285 g/mol. The van der Waals surface area contributed by atoms with Crippen LogP contribution in [-0.2, 0) is 11.2 Å². The van der Waals surface area contributed by atoms with Crippen LogP contribution in [0.3, 0.4) is 0 Å². The molecule has 0 aliphatic carbocycles. The van der Waals surface area contributed by atoms with E-state index >= 15 is 0 Å². The van der Waals surface area contributed by atoms with Gasteiger partial charge < -0.3 is 15.2 Å². The molecular formula is C13H19NO4S. The number of carboxylic acid groups (broad SMARTS) is 1. The number of carboxylic acids is 1. The number of carbonyl (C=O) groups excluding carboxylic acids is 1. The minimum absolute atomic E-state index is 0.0353. The molecule has 2 N–H and O–H groups in total. The highest BCUT2D eigenvalue weighted by molar-refractivity contribution is 7.14. The van der Waals surface area contributed by atoms with Gasteiger partial charge in [0.15, 0.2) is 11.5 Å². The topological polar surface area (TPSA) is 75.6 Å². The number of hydrogen-bond donors (Lipinski definition) is 2. The van der Waals surface area contributed by atoms with Crippen LogP contribution < -0.4 is 10.1 Å². The van der Waals surface area contributed by atoms with Gasteiger partial charge in [-0.1, -0.05) is 13.3 Å². The van der Waals surface area contributed by atoms with E-state index in [1.54, 1.807) is 6.07 Å². The fourth-order valence-electron chi connectivity index (χ4n) is 1.56. The Bertz CT molecular complexity index is 453. The Balaban J connectivity index is 2.70. The molecule has 0 unspecified atom stereocenters. The van der Waals surface area contributed by atoms with Crippen molar-refractivity contribution in [3.8, 4) is 5.75 Å². The van der Waals surface area contributed by atoms with E-state index < -0.39 is 5.97 Å². The van der Waals surface area contributed by atoms with Gasteiger partial charge in [-0.05, 0) is 26.3 Å². The highest BCUT2D eigenvalue weighted by Crippen LogP contribution is 2.30. The molecule has 0 bridgehead atoms. The Labute approximate surface area is 116 Å². The quantitative estimate of drug-likeness (QED) is 0.806. The average Bonchev–Trinajstić information content (AvgIpc) is 2.69. The predicted molar refractivity (Wildman–Crippen MR) is 74.0 cm³/mol. The minimum Gasteiger partial charge on any atom is -0.482 e. The molecule has 0 spiro atoms. The van der Waals surface area contributed by atoms with Crippen LogP contribution in [0, 0.1) is 0 Å². The summed E-state index contributed by atoms with van der Waals surface area (Å²) in [6, 6.07) is 1.74. The summed E-state index contributed by atoms with van der Waals surface area (Å²) in [5, 5.41) is 11.8. The normalized spacial score (nSPS) is 10.5. The third-order valence-corrected chi connectivity index (χ3v) is 3.41. The molecule has 1 aromatic heterocycles. The summed E-state index contributed by atoms with van der Waals surface area (Å²) in [6.07, 6.45) is 1.75. The molecule has 0 aliphatic heterocycles. The van der Waals surface area contributed by atoms with Crippen LogP contribution in [0.15, 0.2) is 6.07 Å². The molecule has 1 rings (SSSR count). The molecule has 1 aromatic rings. The molecule has 6 heteroatoms. The van der Waals surface area contributed by atoms with Crippen molar-refractivity contribution in [1.29, 1.82) is 0 Å². The summed E-state index contributed by atoms with van der Waals surface area (Å²) in [5.41, 5.74) is 0. The van der Waals surface area contributed by atoms with Crippen molar-refractivity contribution >= 4 is 23.2 Å². The third-order valence-electron chi connectivity index (χ3n) is 2.25. The molecule has 5 nitrogen and oxygen atoms in total. The number of nitrogens with one attached hydrogen (secondary N) is 1. The van der Waals surface area contributed by atoms with Gasteiger partial charge in [0.25, 0.3) is 5.91 Å². The van der Waals surface area contributed by atoms with E-state index in [-0.39, 0.29) is 29.2 Å². The second-order valence-corrected chi connectivity index (χ2v) is 5.61. The van der Waals surface area contributed by atoms with Gasteiger partial charge in [-0.25, -0.2) is 4.79 Å². The van der Waals surface area contributed by atoms with Crippen molar-refractivity contribution in [2.45, 2.75) is 39.7 Å². The summed E-state index contributed by atoms with van der Waals surface area (Å²) in [5.74, 6) is -0.999. The fraction of sp³-hybridized carbons (Fsp3) is 0.538. The molecule has 0 saturated heterocycles. The van der Waals surface area contributed by atoms with Gasteiger partial charge in [-0.2, -0.15) is 0 Å². The van der Waals surface area contributed by atoms with Crippen molar-refractivity contribution in [2.75, 3.05) is 6.61 Å². The van der Waals surface area contributed by atoms with E-state index in [2.05, 4.69) is 5.32 Å². The van der Waals surface area contributed by atoms with Gasteiger partial charge in [-0.3, -0.25) is 4.79 Å². The number of amides is 1. The fourth-order valence-corrected chi connectivity index (χ4v) is 2.60. The molecule has 0 aromatic carbocycles.